The number of esters is 2. The van der Waals surface area contributed by atoms with Crippen molar-refractivity contribution in [2.75, 3.05) is 26.4 Å². The summed E-state index contributed by atoms with van der Waals surface area (Å²) in [6, 6.07) is 18.4. The van der Waals surface area contributed by atoms with Crippen molar-refractivity contribution in [3.63, 3.8) is 0 Å². The number of aliphatic hydroxyl groups excluding tert-OH is 1. The molecule has 3 rings (SSSR count). The van der Waals surface area contributed by atoms with Gasteiger partial charge in [-0.15, -0.1) is 0 Å². The Morgan fingerprint density at radius 1 is 0.941 bits per heavy atom. The Labute approximate surface area is 199 Å². The fraction of sp³-hybridized carbons (Fsp3) is 0.370. The molecule has 0 amide bonds. The standard InChI is InChI=1S/C27H31NO6/c1-3-20(27(31)32-13-12-29)16-19(2)26(30)33-14-15-34-28-18-25-23-10-6-4-8-21(23)17-22-9-5-7-11-24(22)25/h4-11,17-20,29H,3,12-16H2,1-2H3. The zero-order chi connectivity index (χ0) is 24.3. The predicted octanol–water partition coefficient (Wildman–Crippen LogP) is 4.47. The van der Waals surface area contributed by atoms with E-state index in [2.05, 4.69) is 35.5 Å². The van der Waals surface area contributed by atoms with E-state index in [4.69, 9.17) is 19.4 Å². The van der Waals surface area contributed by atoms with Crippen LogP contribution in [0.25, 0.3) is 21.5 Å². The van der Waals surface area contributed by atoms with E-state index in [1.165, 1.54) is 0 Å². The predicted molar refractivity (Wildman–Crippen MR) is 132 cm³/mol. The number of hydrogen-bond donors (Lipinski definition) is 1. The molecule has 7 nitrogen and oxygen atoms in total. The summed E-state index contributed by atoms with van der Waals surface area (Å²) in [5.41, 5.74) is 0.970. The molecule has 0 aliphatic carbocycles. The zero-order valence-corrected chi connectivity index (χ0v) is 19.6. The molecule has 0 saturated heterocycles. The highest BCUT2D eigenvalue weighted by Gasteiger charge is 2.25. The van der Waals surface area contributed by atoms with Gasteiger partial charge in [0, 0.05) is 5.56 Å². The second-order valence-corrected chi connectivity index (χ2v) is 8.10. The van der Waals surface area contributed by atoms with Crippen molar-refractivity contribution in [2.24, 2.45) is 17.0 Å². The van der Waals surface area contributed by atoms with Crippen LogP contribution in [-0.2, 0) is 23.9 Å². The maximum atomic E-state index is 12.3. The minimum Gasteiger partial charge on any atom is -0.463 e. The number of carbonyl (C=O) groups excluding carboxylic acids is 2. The Bertz CT molecular complexity index is 1090. The fourth-order valence-electron chi connectivity index (χ4n) is 3.87. The Hall–Kier alpha value is -3.45. The number of oxime groups is 1. The van der Waals surface area contributed by atoms with Crippen LogP contribution in [-0.4, -0.2) is 49.7 Å². The lowest BCUT2D eigenvalue weighted by molar-refractivity contribution is -0.153. The first kappa shape index (κ1) is 25.2. The highest BCUT2D eigenvalue weighted by Crippen LogP contribution is 2.27. The third-order valence-corrected chi connectivity index (χ3v) is 5.69. The number of ether oxygens (including phenoxy) is 2. The van der Waals surface area contributed by atoms with Crippen LogP contribution in [0.4, 0.5) is 0 Å². The summed E-state index contributed by atoms with van der Waals surface area (Å²) in [6.07, 6.45) is 2.56. The summed E-state index contributed by atoms with van der Waals surface area (Å²) >= 11 is 0. The van der Waals surface area contributed by atoms with Gasteiger partial charge in [0.2, 0.25) is 0 Å². The van der Waals surface area contributed by atoms with E-state index in [1.807, 2.05) is 31.2 Å². The molecule has 0 aliphatic rings. The number of aliphatic hydroxyl groups is 1. The number of carbonyl (C=O) groups is 2. The quantitative estimate of drug-likeness (QED) is 0.139. The van der Waals surface area contributed by atoms with Crippen LogP contribution < -0.4 is 0 Å². The van der Waals surface area contributed by atoms with Gasteiger partial charge < -0.3 is 19.4 Å². The summed E-state index contributed by atoms with van der Waals surface area (Å²) < 4.78 is 10.2. The second kappa shape index (κ2) is 12.7. The van der Waals surface area contributed by atoms with Crippen molar-refractivity contribution in [3.05, 3.63) is 60.2 Å². The number of nitrogens with zero attached hydrogens (tertiary/aromatic N) is 1. The van der Waals surface area contributed by atoms with Crippen LogP contribution in [0.1, 0.15) is 32.3 Å². The molecule has 34 heavy (non-hydrogen) atoms. The van der Waals surface area contributed by atoms with Crippen molar-refractivity contribution in [3.8, 4) is 0 Å². The van der Waals surface area contributed by atoms with E-state index >= 15 is 0 Å². The molecule has 0 radical (unpaired) electrons. The van der Waals surface area contributed by atoms with Gasteiger partial charge in [0.05, 0.1) is 24.7 Å². The number of hydrogen-bond acceptors (Lipinski definition) is 7. The van der Waals surface area contributed by atoms with Crippen LogP contribution in [0.15, 0.2) is 59.8 Å². The smallest absolute Gasteiger partial charge is 0.309 e. The van der Waals surface area contributed by atoms with Crippen molar-refractivity contribution < 1.29 is 29.0 Å². The third-order valence-electron chi connectivity index (χ3n) is 5.69. The lowest BCUT2D eigenvalue weighted by Gasteiger charge is -2.17. The summed E-state index contributed by atoms with van der Waals surface area (Å²) in [7, 11) is 0. The molecule has 0 spiro atoms. The molecular formula is C27H31NO6. The van der Waals surface area contributed by atoms with E-state index in [-0.39, 0.29) is 26.4 Å². The topological polar surface area (TPSA) is 94.4 Å². The Morgan fingerprint density at radius 2 is 1.56 bits per heavy atom. The van der Waals surface area contributed by atoms with Gasteiger partial charge in [-0.3, -0.25) is 9.59 Å². The van der Waals surface area contributed by atoms with Crippen LogP contribution in [0.3, 0.4) is 0 Å². The lowest BCUT2D eigenvalue weighted by Crippen LogP contribution is -2.25. The molecule has 0 saturated carbocycles. The van der Waals surface area contributed by atoms with Crippen molar-refractivity contribution in [1.29, 1.82) is 0 Å². The molecular weight excluding hydrogens is 434 g/mol. The highest BCUT2D eigenvalue weighted by molar-refractivity contribution is 6.13. The van der Waals surface area contributed by atoms with E-state index < -0.39 is 23.8 Å². The first-order chi connectivity index (χ1) is 16.5. The molecule has 0 aliphatic heterocycles. The summed E-state index contributed by atoms with van der Waals surface area (Å²) in [5.74, 6) is -1.68. The molecule has 2 atom stereocenters. The average molecular weight is 466 g/mol. The van der Waals surface area contributed by atoms with Gasteiger partial charge in [-0.25, -0.2) is 0 Å². The van der Waals surface area contributed by atoms with Gasteiger partial charge in [0.15, 0.2) is 6.61 Å². The van der Waals surface area contributed by atoms with Crippen LogP contribution in [0, 0.1) is 11.8 Å². The van der Waals surface area contributed by atoms with Crippen molar-refractivity contribution >= 4 is 39.7 Å². The minimum absolute atomic E-state index is 0.0411. The largest absolute Gasteiger partial charge is 0.463 e. The van der Waals surface area contributed by atoms with Crippen LogP contribution >= 0.6 is 0 Å². The van der Waals surface area contributed by atoms with E-state index in [0.29, 0.717) is 12.8 Å². The highest BCUT2D eigenvalue weighted by atomic mass is 16.6. The Kier molecular flexibility index (Phi) is 9.40. The van der Waals surface area contributed by atoms with Gasteiger partial charge >= 0.3 is 11.9 Å². The van der Waals surface area contributed by atoms with E-state index in [9.17, 15) is 9.59 Å². The van der Waals surface area contributed by atoms with Crippen LogP contribution in [0.5, 0.6) is 0 Å². The Balaban J connectivity index is 1.51. The molecule has 2 unspecified atom stereocenters. The maximum absolute atomic E-state index is 12.3. The molecule has 0 bridgehead atoms. The van der Waals surface area contributed by atoms with Gasteiger partial charge in [-0.05, 0) is 40.5 Å². The van der Waals surface area contributed by atoms with Gasteiger partial charge in [-0.2, -0.15) is 0 Å². The lowest BCUT2D eigenvalue weighted by atomic mass is 9.94. The first-order valence-electron chi connectivity index (χ1n) is 11.5. The molecule has 1 N–H and O–H groups in total. The summed E-state index contributed by atoms with van der Waals surface area (Å²) in [6.45, 7) is 3.48. The van der Waals surface area contributed by atoms with Crippen molar-refractivity contribution in [2.45, 2.75) is 26.7 Å². The Morgan fingerprint density at radius 3 is 2.18 bits per heavy atom. The number of benzene rings is 3. The fourth-order valence-corrected chi connectivity index (χ4v) is 3.87. The van der Waals surface area contributed by atoms with E-state index in [0.717, 1.165) is 27.1 Å². The first-order valence-corrected chi connectivity index (χ1v) is 11.5. The monoisotopic (exact) mass is 465 g/mol. The SMILES string of the molecule is CCC(CC(C)C(=O)OCCON=Cc1c2ccccc2cc2ccccc12)C(=O)OCCO. The summed E-state index contributed by atoms with van der Waals surface area (Å²) in [4.78, 5) is 29.6. The summed E-state index contributed by atoms with van der Waals surface area (Å²) in [5, 5.41) is 17.3. The third kappa shape index (κ3) is 6.54. The molecule has 3 aromatic rings. The average Bonchev–Trinajstić information content (AvgIpc) is 2.86. The second-order valence-electron chi connectivity index (χ2n) is 8.10. The molecule has 0 aromatic heterocycles. The maximum Gasteiger partial charge on any atom is 0.309 e. The molecule has 180 valence electrons. The van der Waals surface area contributed by atoms with Crippen LogP contribution in [0.2, 0.25) is 0 Å². The number of fused-ring (bicyclic) bond motifs is 2. The minimum atomic E-state index is -0.461. The van der Waals surface area contributed by atoms with Crippen molar-refractivity contribution in [1.82, 2.24) is 0 Å². The molecule has 7 heteroatoms. The molecule has 3 aromatic carbocycles. The molecule has 0 heterocycles. The van der Waals surface area contributed by atoms with Gasteiger partial charge in [0.1, 0.15) is 13.2 Å². The zero-order valence-electron chi connectivity index (χ0n) is 19.6. The van der Waals surface area contributed by atoms with Gasteiger partial charge in [0.25, 0.3) is 0 Å². The van der Waals surface area contributed by atoms with E-state index in [1.54, 1.807) is 13.1 Å². The van der Waals surface area contributed by atoms with Gasteiger partial charge in [-0.1, -0.05) is 67.5 Å². The molecule has 0 fully saturated rings. The normalized spacial score (nSPS) is 13.1. The number of rotatable bonds is 12.